The van der Waals surface area contributed by atoms with Crippen molar-refractivity contribution in [2.75, 3.05) is 18.3 Å². The van der Waals surface area contributed by atoms with Crippen molar-refractivity contribution in [3.63, 3.8) is 0 Å². The van der Waals surface area contributed by atoms with Crippen LogP contribution in [-0.4, -0.2) is 49.4 Å². The zero-order chi connectivity index (χ0) is 22.2. The lowest BCUT2D eigenvalue weighted by Gasteiger charge is -2.17. The minimum Gasteiger partial charge on any atom is -0.394 e. The number of carbonyl (C=O) groups is 1. The molecule has 0 spiro atoms. The highest BCUT2D eigenvalue weighted by Gasteiger charge is 2.13. The van der Waals surface area contributed by atoms with E-state index in [2.05, 4.69) is 10.3 Å². The molecule has 1 atom stereocenters. The minimum atomic E-state index is -2.24. The molecule has 1 amide bonds. The predicted octanol–water partition coefficient (Wildman–Crippen LogP) is 2.18. The number of aliphatic hydroxyl groups is 1. The third-order valence-corrected chi connectivity index (χ3v) is 3.56. The van der Waals surface area contributed by atoms with Gasteiger partial charge in [0.15, 0.2) is 8.38 Å². The molecule has 0 aliphatic carbocycles. The Morgan fingerprint density at radius 1 is 1.17 bits per heavy atom. The summed E-state index contributed by atoms with van der Waals surface area (Å²) in [6.07, 6.45) is 0.296. The fourth-order valence-corrected chi connectivity index (χ4v) is 2.31. The average Bonchev–Trinajstić information content (AvgIpc) is 2.76. The number of hydrogen-bond donors (Lipinski definition) is 4. The molecule has 0 radical (unpaired) electrons. The van der Waals surface area contributed by atoms with Gasteiger partial charge in [-0.1, -0.05) is 45.9 Å². The summed E-state index contributed by atoms with van der Waals surface area (Å²) in [5, 5.41) is 11.7. The van der Waals surface area contributed by atoms with Crippen LogP contribution in [0.4, 0.5) is 5.82 Å². The van der Waals surface area contributed by atoms with Crippen LogP contribution in [0.3, 0.4) is 0 Å². The number of nitrogens with zero attached hydrogens (tertiary/aromatic N) is 2. The highest BCUT2D eigenvalue weighted by Crippen LogP contribution is 2.23. The van der Waals surface area contributed by atoms with Gasteiger partial charge in [0.25, 0.3) is 5.91 Å². The van der Waals surface area contributed by atoms with Crippen molar-refractivity contribution in [1.82, 2.24) is 9.55 Å². The molecule has 29 heavy (non-hydrogen) atoms. The quantitative estimate of drug-likeness (QED) is 0.475. The van der Waals surface area contributed by atoms with Gasteiger partial charge < -0.3 is 24.9 Å². The Balaban J connectivity index is 0.00000184. The van der Waals surface area contributed by atoms with Crippen LogP contribution in [-0.2, 0) is 11.3 Å². The maximum Gasteiger partial charge on any atom is 0.349 e. The molecule has 1 aromatic carbocycles. The molecule has 0 fully saturated rings. The highest BCUT2D eigenvalue weighted by molar-refractivity contribution is 7.44. The fourth-order valence-electron chi connectivity index (χ4n) is 1.97. The third kappa shape index (κ3) is 10.3. The Morgan fingerprint density at radius 3 is 2.31 bits per heavy atom. The molecule has 0 bridgehead atoms. The van der Waals surface area contributed by atoms with Crippen LogP contribution in [0.2, 0.25) is 0 Å². The molecule has 1 aromatic heterocycles. The van der Waals surface area contributed by atoms with Gasteiger partial charge in [-0.25, -0.2) is 4.79 Å². The Kier molecular flexibility index (Phi) is 14.6. The lowest BCUT2D eigenvalue weighted by Crippen LogP contribution is -2.32. The molecule has 162 valence electrons. The zero-order valence-corrected chi connectivity index (χ0v) is 18.0. The van der Waals surface area contributed by atoms with Gasteiger partial charge in [-0.05, 0) is 18.2 Å². The highest BCUT2D eigenvalue weighted by atomic mass is 31.2. The summed E-state index contributed by atoms with van der Waals surface area (Å²) in [4.78, 5) is 45.5. The first-order valence-corrected chi connectivity index (χ1v) is 10.7. The zero-order valence-electron chi connectivity index (χ0n) is 17.1. The van der Waals surface area contributed by atoms with Crippen molar-refractivity contribution in [2.24, 2.45) is 0 Å². The number of benzene rings is 1. The summed E-state index contributed by atoms with van der Waals surface area (Å²) in [6.45, 7) is 7.58. The van der Waals surface area contributed by atoms with Crippen molar-refractivity contribution in [3.8, 4) is 0 Å². The second kappa shape index (κ2) is 15.7. The Hall–Kier alpha value is -2.16. The molecule has 0 unspecified atom stereocenters. The van der Waals surface area contributed by atoms with Crippen LogP contribution in [0, 0.1) is 0 Å². The van der Waals surface area contributed by atoms with Crippen molar-refractivity contribution in [2.45, 2.75) is 40.3 Å². The lowest BCUT2D eigenvalue weighted by atomic mass is 10.2. The van der Waals surface area contributed by atoms with Crippen LogP contribution < -0.4 is 11.0 Å². The van der Waals surface area contributed by atoms with Crippen molar-refractivity contribution >= 4 is 20.1 Å². The monoisotopic (exact) mass is 427 g/mol. The van der Waals surface area contributed by atoms with E-state index < -0.39 is 26.8 Å². The van der Waals surface area contributed by atoms with Gasteiger partial charge in [0, 0.05) is 11.8 Å². The topological polar surface area (TPSA) is 134 Å². The van der Waals surface area contributed by atoms with E-state index in [4.69, 9.17) is 14.5 Å². The molecule has 9 nitrogen and oxygen atoms in total. The maximum absolute atomic E-state index is 12.0. The molecule has 0 aliphatic rings. The van der Waals surface area contributed by atoms with E-state index in [0.717, 1.165) is 0 Å². The maximum atomic E-state index is 12.0. The van der Waals surface area contributed by atoms with E-state index in [1.807, 2.05) is 27.7 Å². The summed E-state index contributed by atoms with van der Waals surface area (Å²) < 4.78 is 6.28. The summed E-state index contributed by atoms with van der Waals surface area (Å²) in [7, 11) is -2.24. The number of carbonyl (C=O) groups excluding carboxylic acids is 1. The largest absolute Gasteiger partial charge is 0.394 e. The summed E-state index contributed by atoms with van der Waals surface area (Å²) in [5.41, 5.74) is -0.199. The van der Waals surface area contributed by atoms with E-state index in [-0.39, 0.29) is 24.6 Å². The van der Waals surface area contributed by atoms with Gasteiger partial charge in [0.1, 0.15) is 12.2 Å². The average molecular weight is 427 g/mol. The van der Waals surface area contributed by atoms with Crippen LogP contribution in [0.25, 0.3) is 0 Å². The molecule has 1 heterocycles. The molecular formula is C19H30N3O6P. The van der Waals surface area contributed by atoms with E-state index >= 15 is 0 Å². The molecule has 4 N–H and O–H groups in total. The lowest BCUT2D eigenvalue weighted by molar-refractivity contribution is 0.0220. The van der Waals surface area contributed by atoms with E-state index in [9.17, 15) is 14.7 Å². The smallest absolute Gasteiger partial charge is 0.349 e. The van der Waals surface area contributed by atoms with Gasteiger partial charge in [0.05, 0.1) is 19.3 Å². The molecule has 0 saturated carbocycles. The predicted molar refractivity (Wildman–Crippen MR) is 114 cm³/mol. The fraction of sp³-hybridized carbons (Fsp3) is 0.421. The first kappa shape index (κ1) is 26.8. The van der Waals surface area contributed by atoms with Crippen LogP contribution in [0.15, 0.2) is 47.4 Å². The number of ether oxygens (including phenoxy) is 1. The summed E-state index contributed by atoms with van der Waals surface area (Å²) >= 11 is 0. The van der Waals surface area contributed by atoms with Gasteiger partial charge >= 0.3 is 5.69 Å². The SMILES string of the molecule is CC.CC.O=C(Nc1ccn(C[C@@H](CO)OCP(O)O)c(=O)n1)c1ccccc1. The van der Waals surface area contributed by atoms with Crippen molar-refractivity contribution in [1.29, 1.82) is 0 Å². The minimum absolute atomic E-state index is 0.0155. The molecule has 2 rings (SSSR count). The van der Waals surface area contributed by atoms with Crippen molar-refractivity contribution < 1.29 is 24.4 Å². The standard InChI is InChI=1S/C15H18N3O6P.2C2H6/c19-9-12(24-10-25(22)23)8-18-7-6-13(17-15(18)21)16-14(20)11-4-2-1-3-5-11;2*1-2/h1-7,12,19,22-23H,8-10H2,(H,16,17,20,21);2*1-2H3/t12-;;/m0../s1. The number of anilines is 1. The number of rotatable bonds is 8. The first-order valence-electron chi connectivity index (χ1n) is 9.31. The van der Waals surface area contributed by atoms with Crippen LogP contribution in [0.5, 0.6) is 0 Å². The molecule has 2 aromatic rings. The van der Waals surface area contributed by atoms with Crippen LogP contribution in [0.1, 0.15) is 38.1 Å². The molecular weight excluding hydrogens is 397 g/mol. The van der Waals surface area contributed by atoms with Gasteiger partial charge in [-0.3, -0.25) is 9.36 Å². The van der Waals surface area contributed by atoms with E-state index in [1.165, 1.54) is 16.8 Å². The number of aromatic nitrogens is 2. The Morgan fingerprint density at radius 2 is 1.79 bits per heavy atom. The van der Waals surface area contributed by atoms with Crippen LogP contribution >= 0.6 is 8.38 Å². The number of aliphatic hydroxyl groups excluding tert-OH is 1. The summed E-state index contributed by atoms with van der Waals surface area (Å²) in [5.74, 6) is -0.285. The Bertz CT molecular complexity index is 755. The number of nitrogens with one attached hydrogen (secondary N) is 1. The summed E-state index contributed by atoms with van der Waals surface area (Å²) in [6, 6.07) is 9.95. The van der Waals surface area contributed by atoms with Gasteiger partial charge in [0.2, 0.25) is 0 Å². The second-order valence-electron chi connectivity index (χ2n) is 5.04. The first-order chi connectivity index (χ1) is 14.0. The Labute approximate surface area is 171 Å². The third-order valence-electron chi connectivity index (χ3n) is 3.18. The van der Waals surface area contributed by atoms with Gasteiger partial charge in [-0.15, -0.1) is 0 Å². The second-order valence-corrected chi connectivity index (χ2v) is 6.04. The van der Waals surface area contributed by atoms with E-state index in [0.29, 0.717) is 5.56 Å². The molecule has 0 aliphatic heterocycles. The molecule has 0 saturated heterocycles. The van der Waals surface area contributed by atoms with Crippen molar-refractivity contribution in [3.05, 3.63) is 58.6 Å². The number of amides is 1. The number of hydrogen-bond acceptors (Lipinski definition) is 7. The normalized spacial score (nSPS) is 10.9. The molecule has 10 heteroatoms. The van der Waals surface area contributed by atoms with Gasteiger partial charge in [-0.2, -0.15) is 4.98 Å². The van der Waals surface area contributed by atoms with E-state index in [1.54, 1.807) is 30.3 Å².